The van der Waals surface area contributed by atoms with Crippen molar-refractivity contribution in [2.45, 2.75) is 19.3 Å². The van der Waals surface area contributed by atoms with E-state index in [4.69, 9.17) is 11.6 Å². The fraction of sp³-hybridized carbons (Fsp3) is 0.214. The van der Waals surface area contributed by atoms with Crippen LogP contribution in [0, 0.1) is 5.82 Å². The van der Waals surface area contributed by atoms with Crippen LogP contribution in [0.5, 0.6) is 0 Å². The molecule has 0 spiro atoms. The zero-order valence-corrected chi connectivity index (χ0v) is 10.0. The lowest BCUT2D eigenvalue weighted by Crippen LogP contribution is -2.00. The van der Waals surface area contributed by atoms with Gasteiger partial charge in [0.1, 0.15) is 12.1 Å². The van der Waals surface area contributed by atoms with Gasteiger partial charge in [-0.1, -0.05) is 29.8 Å². The summed E-state index contributed by atoms with van der Waals surface area (Å²) in [5.41, 5.74) is 2.50. The molecule has 0 aliphatic heterocycles. The van der Waals surface area contributed by atoms with E-state index in [9.17, 15) is 9.18 Å². The van der Waals surface area contributed by atoms with Gasteiger partial charge < -0.3 is 0 Å². The van der Waals surface area contributed by atoms with Gasteiger partial charge in [0, 0.05) is 5.57 Å². The molecule has 0 saturated carbocycles. The second kappa shape index (κ2) is 5.28. The number of rotatable bonds is 2. The molecule has 0 heterocycles. The van der Waals surface area contributed by atoms with E-state index < -0.39 is 0 Å². The second-order valence-electron chi connectivity index (χ2n) is 4.03. The molecule has 0 unspecified atom stereocenters. The summed E-state index contributed by atoms with van der Waals surface area (Å²) in [4.78, 5) is 10.8. The van der Waals surface area contributed by atoms with Crippen LogP contribution >= 0.6 is 11.6 Å². The Balaban J connectivity index is 2.33. The average Bonchev–Trinajstić information content (AvgIpc) is 2.35. The van der Waals surface area contributed by atoms with Gasteiger partial charge in [0.25, 0.3) is 0 Å². The molecule has 0 atom stereocenters. The molecule has 0 N–H and O–H groups in total. The van der Waals surface area contributed by atoms with E-state index >= 15 is 0 Å². The van der Waals surface area contributed by atoms with Gasteiger partial charge in [0.2, 0.25) is 0 Å². The summed E-state index contributed by atoms with van der Waals surface area (Å²) < 4.78 is 12.8. The first kappa shape index (κ1) is 12.1. The molecule has 17 heavy (non-hydrogen) atoms. The highest BCUT2D eigenvalue weighted by Crippen LogP contribution is 2.32. The lowest BCUT2D eigenvalue weighted by atomic mass is 9.94. The Morgan fingerprint density at radius 3 is 2.53 bits per heavy atom. The van der Waals surface area contributed by atoms with E-state index in [1.54, 1.807) is 12.1 Å². The van der Waals surface area contributed by atoms with Gasteiger partial charge in [-0.05, 0) is 42.5 Å². The molecule has 1 aromatic rings. The van der Waals surface area contributed by atoms with Gasteiger partial charge in [-0.15, -0.1) is 0 Å². The molecule has 0 amide bonds. The van der Waals surface area contributed by atoms with Crippen molar-refractivity contribution in [3.05, 3.63) is 51.8 Å². The lowest BCUT2D eigenvalue weighted by molar-refractivity contribution is -0.105. The maximum absolute atomic E-state index is 12.8. The summed E-state index contributed by atoms with van der Waals surface area (Å²) in [6.45, 7) is 0. The predicted octanol–water partition coefficient (Wildman–Crippen LogP) is 4.08. The van der Waals surface area contributed by atoms with Crippen molar-refractivity contribution in [2.75, 3.05) is 0 Å². The number of halogens is 2. The van der Waals surface area contributed by atoms with E-state index in [2.05, 4.69) is 0 Å². The summed E-state index contributed by atoms with van der Waals surface area (Å²) in [5, 5.41) is 0.551. The minimum absolute atomic E-state index is 0.258. The van der Waals surface area contributed by atoms with Crippen LogP contribution in [0.2, 0.25) is 0 Å². The SMILES string of the molecule is O=CC1=C(Cl)/C(=C/c2ccc(F)cc2)CCC1. The molecule has 1 aliphatic carbocycles. The highest BCUT2D eigenvalue weighted by atomic mass is 35.5. The number of benzene rings is 1. The summed E-state index contributed by atoms with van der Waals surface area (Å²) in [6.07, 6.45) is 5.25. The molecular formula is C14H12ClFO. The molecule has 0 saturated heterocycles. The fourth-order valence-electron chi connectivity index (χ4n) is 1.90. The number of allylic oxidation sites excluding steroid dienone is 3. The van der Waals surface area contributed by atoms with Crippen molar-refractivity contribution in [1.82, 2.24) is 0 Å². The number of aldehydes is 1. The van der Waals surface area contributed by atoms with Gasteiger partial charge in [-0.25, -0.2) is 4.39 Å². The van der Waals surface area contributed by atoms with Crippen LogP contribution < -0.4 is 0 Å². The highest BCUT2D eigenvalue weighted by Gasteiger charge is 2.15. The van der Waals surface area contributed by atoms with Crippen LogP contribution in [0.15, 0.2) is 40.4 Å². The first-order chi connectivity index (χ1) is 8.20. The lowest BCUT2D eigenvalue weighted by Gasteiger charge is -2.15. The van der Waals surface area contributed by atoms with Gasteiger partial charge in [0.05, 0.1) is 5.03 Å². The van der Waals surface area contributed by atoms with Crippen LogP contribution in [-0.2, 0) is 4.79 Å². The Morgan fingerprint density at radius 2 is 1.88 bits per heavy atom. The molecule has 1 nitrogen and oxygen atoms in total. The smallest absolute Gasteiger partial charge is 0.147 e. The third kappa shape index (κ3) is 2.83. The van der Waals surface area contributed by atoms with E-state index in [1.807, 2.05) is 6.08 Å². The van der Waals surface area contributed by atoms with Gasteiger partial charge in [0.15, 0.2) is 0 Å². The van der Waals surface area contributed by atoms with E-state index in [0.29, 0.717) is 10.6 Å². The molecule has 2 rings (SSSR count). The minimum atomic E-state index is -0.258. The molecule has 3 heteroatoms. The maximum Gasteiger partial charge on any atom is 0.147 e. The third-order valence-corrected chi connectivity index (χ3v) is 3.29. The summed E-state index contributed by atoms with van der Waals surface area (Å²) >= 11 is 6.14. The summed E-state index contributed by atoms with van der Waals surface area (Å²) in [5.74, 6) is -0.258. The maximum atomic E-state index is 12.8. The third-order valence-electron chi connectivity index (χ3n) is 2.81. The van der Waals surface area contributed by atoms with Crippen LogP contribution in [0.25, 0.3) is 6.08 Å². The topological polar surface area (TPSA) is 17.1 Å². The Morgan fingerprint density at radius 1 is 1.18 bits per heavy atom. The standard InChI is InChI=1S/C14H12ClFO/c15-14-11(2-1-3-12(14)9-17)8-10-4-6-13(16)7-5-10/h4-9H,1-3H2/b11-8+. The Bertz CT molecular complexity index is 485. The van der Waals surface area contributed by atoms with Crippen LogP contribution in [0.4, 0.5) is 4.39 Å². The molecule has 1 aliphatic rings. The number of hydrogen-bond acceptors (Lipinski definition) is 1. The fourth-order valence-corrected chi connectivity index (χ4v) is 2.19. The van der Waals surface area contributed by atoms with E-state index in [0.717, 1.165) is 36.7 Å². The monoisotopic (exact) mass is 250 g/mol. The van der Waals surface area contributed by atoms with Crippen molar-refractivity contribution in [1.29, 1.82) is 0 Å². The largest absolute Gasteiger partial charge is 0.298 e. The average molecular weight is 251 g/mol. The van der Waals surface area contributed by atoms with Crippen molar-refractivity contribution < 1.29 is 9.18 Å². The zero-order chi connectivity index (χ0) is 12.3. The Kier molecular flexibility index (Phi) is 3.75. The number of hydrogen-bond donors (Lipinski definition) is 0. The van der Waals surface area contributed by atoms with Crippen molar-refractivity contribution in [3.8, 4) is 0 Å². The normalized spacial score (nSPS) is 18.6. The second-order valence-corrected chi connectivity index (χ2v) is 4.41. The molecular weight excluding hydrogens is 239 g/mol. The summed E-state index contributed by atoms with van der Waals surface area (Å²) in [6, 6.07) is 6.21. The van der Waals surface area contributed by atoms with Crippen LogP contribution in [0.1, 0.15) is 24.8 Å². The first-order valence-electron chi connectivity index (χ1n) is 5.51. The molecule has 88 valence electrons. The van der Waals surface area contributed by atoms with Crippen molar-refractivity contribution in [2.24, 2.45) is 0 Å². The molecule has 0 fully saturated rings. The van der Waals surface area contributed by atoms with Crippen LogP contribution in [-0.4, -0.2) is 6.29 Å². The van der Waals surface area contributed by atoms with Crippen molar-refractivity contribution in [3.63, 3.8) is 0 Å². The van der Waals surface area contributed by atoms with Gasteiger partial charge >= 0.3 is 0 Å². The van der Waals surface area contributed by atoms with Gasteiger partial charge in [-0.3, -0.25) is 4.79 Å². The van der Waals surface area contributed by atoms with E-state index in [-0.39, 0.29) is 5.82 Å². The summed E-state index contributed by atoms with van der Waals surface area (Å²) in [7, 11) is 0. The van der Waals surface area contributed by atoms with E-state index in [1.165, 1.54) is 12.1 Å². The van der Waals surface area contributed by atoms with Gasteiger partial charge in [-0.2, -0.15) is 0 Å². The molecule has 0 bridgehead atoms. The predicted molar refractivity (Wildman–Crippen MR) is 67.2 cm³/mol. The quantitative estimate of drug-likeness (QED) is 0.723. The Labute approximate surface area is 105 Å². The Hall–Kier alpha value is -1.41. The number of carbonyl (C=O) groups excluding carboxylic acids is 1. The molecule has 1 aromatic carbocycles. The minimum Gasteiger partial charge on any atom is -0.298 e. The highest BCUT2D eigenvalue weighted by molar-refractivity contribution is 6.34. The molecule has 0 radical (unpaired) electrons. The first-order valence-corrected chi connectivity index (χ1v) is 5.89. The number of carbonyl (C=O) groups is 1. The zero-order valence-electron chi connectivity index (χ0n) is 9.25. The van der Waals surface area contributed by atoms with Crippen molar-refractivity contribution >= 4 is 24.0 Å². The molecule has 0 aromatic heterocycles. The van der Waals surface area contributed by atoms with Crippen LogP contribution in [0.3, 0.4) is 0 Å².